The Bertz CT molecular complexity index is 401. The molecule has 1 unspecified atom stereocenters. The third-order valence-electron chi connectivity index (χ3n) is 4.00. The summed E-state index contributed by atoms with van der Waals surface area (Å²) in [4.78, 5) is 0. The van der Waals surface area contributed by atoms with Crippen LogP contribution in [-0.4, -0.2) is 19.8 Å². The second kappa shape index (κ2) is 4.75. The molecular formula is C14H20FNO. The molecule has 1 aliphatic rings. The van der Waals surface area contributed by atoms with E-state index in [0.717, 1.165) is 19.6 Å². The predicted octanol–water partition coefficient (Wildman–Crippen LogP) is 2.39. The van der Waals surface area contributed by atoms with E-state index in [1.54, 1.807) is 13.0 Å². The van der Waals surface area contributed by atoms with Crippen LogP contribution in [0.25, 0.3) is 0 Å². The van der Waals surface area contributed by atoms with Crippen molar-refractivity contribution in [3.8, 4) is 0 Å². The fourth-order valence-electron chi connectivity index (χ4n) is 2.54. The molecule has 3 heteroatoms. The van der Waals surface area contributed by atoms with Gasteiger partial charge in [0.1, 0.15) is 5.82 Å². The van der Waals surface area contributed by atoms with Gasteiger partial charge in [0.05, 0.1) is 13.2 Å². The molecule has 0 radical (unpaired) electrons. The average molecular weight is 237 g/mol. The Morgan fingerprint density at radius 1 is 1.47 bits per heavy atom. The van der Waals surface area contributed by atoms with Crippen molar-refractivity contribution in [3.63, 3.8) is 0 Å². The minimum absolute atomic E-state index is 0.0395. The van der Waals surface area contributed by atoms with E-state index in [9.17, 15) is 4.39 Å². The molecular weight excluding hydrogens is 217 g/mol. The van der Waals surface area contributed by atoms with Gasteiger partial charge in [-0.2, -0.15) is 0 Å². The van der Waals surface area contributed by atoms with Gasteiger partial charge in [0, 0.05) is 5.41 Å². The van der Waals surface area contributed by atoms with Crippen LogP contribution in [0.3, 0.4) is 0 Å². The van der Waals surface area contributed by atoms with Gasteiger partial charge in [-0.3, -0.25) is 0 Å². The highest BCUT2D eigenvalue weighted by molar-refractivity contribution is 5.33. The summed E-state index contributed by atoms with van der Waals surface area (Å²) < 4.78 is 18.7. The van der Waals surface area contributed by atoms with Crippen LogP contribution in [0.1, 0.15) is 24.5 Å². The Hall–Kier alpha value is -0.930. The largest absolute Gasteiger partial charge is 0.379 e. The van der Waals surface area contributed by atoms with Crippen molar-refractivity contribution in [2.24, 2.45) is 11.7 Å². The standard InChI is InChI=1S/C14H20FNO/c1-10-7-12(3-4-13(10)15)14(8-17-9-14)11(2)5-6-16/h3-4,7,11H,5-6,8-9,16H2,1-2H3. The van der Waals surface area contributed by atoms with Crippen LogP contribution in [-0.2, 0) is 10.2 Å². The van der Waals surface area contributed by atoms with Gasteiger partial charge in [0.15, 0.2) is 0 Å². The van der Waals surface area contributed by atoms with Crippen LogP contribution in [0, 0.1) is 18.7 Å². The van der Waals surface area contributed by atoms with Gasteiger partial charge in [-0.25, -0.2) is 4.39 Å². The maximum atomic E-state index is 13.3. The Balaban J connectivity index is 2.31. The summed E-state index contributed by atoms with van der Waals surface area (Å²) in [6, 6.07) is 5.39. The fraction of sp³-hybridized carbons (Fsp3) is 0.571. The molecule has 1 atom stereocenters. The molecule has 1 aromatic rings. The van der Waals surface area contributed by atoms with Crippen LogP contribution >= 0.6 is 0 Å². The van der Waals surface area contributed by atoms with Crippen molar-refractivity contribution in [1.29, 1.82) is 0 Å². The molecule has 94 valence electrons. The molecule has 2 rings (SSSR count). The van der Waals surface area contributed by atoms with Crippen molar-refractivity contribution < 1.29 is 9.13 Å². The zero-order valence-corrected chi connectivity index (χ0v) is 10.5. The molecule has 1 fully saturated rings. The molecule has 0 aromatic heterocycles. The summed E-state index contributed by atoms with van der Waals surface area (Å²) >= 11 is 0. The molecule has 1 aliphatic heterocycles. The quantitative estimate of drug-likeness (QED) is 0.872. The predicted molar refractivity (Wildman–Crippen MR) is 66.5 cm³/mol. The average Bonchev–Trinajstić information content (AvgIpc) is 2.22. The van der Waals surface area contributed by atoms with E-state index in [0.29, 0.717) is 18.0 Å². The lowest BCUT2D eigenvalue weighted by atomic mass is 9.68. The molecule has 0 bridgehead atoms. The van der Waals surface area contributed by atoms with Gasteiger partial charge in [0.2, 0.25) is 0 Å². The maximum absolute atomic E-state index is 13.3. The summed E-state index contributed by atoms with van der Waals surface area (Å²) in [6.45, 7) is 6.13. The van der Waals surface area contributed by atoms with Crippen molar-refractivity contribution in [2.75, 3.05) is 19.8 Å². The third-order valence-corrected chi connectivity index (χ3v) is 4.00. The number of hydrogen-bond donors (Lipinski definition) is 1. The first-order valence-electron chi connectivity index (χ1n) is 6.14. The number of rotatable bonds is 4. The Kier molecular flexibility index (Phi) is 3.50. The molecule has 2 nitrogen and oxygen atoms in total. The van der Waals surface area contributed by atoms with Gasteiger partial charge in [-0.05, 0) is 43.0 Å². The lowest BCUT2D eigenvalue weighted by Gasteiger charge is -2.46. The SMILES string of the molecule is Cc1cc(C2(C(C)CCN)COC2)ccc1F. The van der Waals surface area contributed by atoms with E-state index in [2.05, 4.69) is 6.92 Å². The Morgan fingerprint density at radius 2 is 2.18 bits per heavy atom. The highest BCUT2D eigenvalue weighted by atomic mass is 19.1. The highest BCUT2D eigenvalue weighted by Crippen LogP contribution is 2.41. The van der Waals surface area contributed by atoms with Crippen molar-refractivity contribution in [3.05, 3.63) is 35.1 Å². The van der Waals surface area contributed by atoms with Crippen molar-refractivity contribution >= 4 is 0 Å². The second-order valence-corrected chi connectivity index (χ2v) is 5.09. The third kappa shape index (κ3) is 2.09. The summed E-state index contributed by atoms with van der Waals surface area (Å²) in [5.74, 6) is 0.321. The molecule has 1 saturated heterocycles. The molecule has 1 aromatic carbocycles. The maximum Gasteiger partial charge on any atom is 0.126 e. The van der Waals surface area contributed by atoms with Crippen molar-refractivity contribution in [2.45, 2.75) is 25.7 Å². The number of hydrogen-bond acceptors (Lipinski definition) is 2. The molecule has 2 N–H and O–H groups in total. The molecule has 0 spiro atoms. The molecule has 0 amide bonds. The number of ether oxygens (including phenoxy) is 1. The van der Waals surface area contributed by atoms with Crippen LogP contribution in [0.2, 0.25) is 0 Å². The highest BCUT2D eigenvalue weighted by Gasteiger charge is 2.44. The van der Waals surface area contributed by atoms with E-state index in [4.69, 9.17) is 10.5 Å². The number of nitrogens with two attached hydrogens (primary N) is 1. The lowest BCUT2D eigenvalue weighted by Crippen LogP contribution is -2.52. The smallest absolute Gasteiger partial charge is 0.126 e. The first-order valence-corrected chi connectivity index (χ1v) is 6.14. The first kappa shape index (κ1) is 12.5. The van der Waals surface area contributed by atoms with E-state index in [-0.39, 0.29) is 11.2 Å². The summed E-state index contributed by atoms with van der Waals surface area (Å²) in [7, 11) is 0. The van der Waals surface area contributed by atoms with Gasteiger partial charge < -0.3 is 10.5 Å². The summed E-state index contributed by atoms with van der Waals surface area (Å²) in [5, 5.41) is 0. The normalized spacial score (nSPS) is 19.8. The fourth-order valence-corrected chi connectivity index (χ4v) is 2.54. The van der Waals surface area contributed by atoms with Crippen LogP contribution < -0.4 is 5.73 Å². The minimum atomic E-state index is -0.143. The zero-order valence-electron chi connectivity index (χ0n) is 10.5. The van der Waals surface area contributed by atoms with Crippen LogP contribution in [0.4, 0.5) is 4.39 Å². The van der Waals surface area contributed by atoms with Gasteiger partial charge in [-0.15, -0.1) is 0 Å². The topological polar surface area (TPSA) is 35.2 Å². The van der Waals surface area contributed by atoms with Gasteiger partial charge in [0.25, 0.3) is 0 Å². The Labute approximate surface area is 102 Å². The van der Waals surface area contributed by atoms with Crippen molar-refractivity contribution in [1.82, 2.24) is 0 Å². The van der Waals surface area contributed by atoms with Gasteiger partial charge in [-0.1, -0.05) is 19.1 Å². The monoisotopic (exact) mass is 237 g/mol. The van der Waals surface area contributed by atoms with Crippen LogP contribution in [0.5, 0.6) is 0 Å². The molecule has 0 saturated carbocycles. The van der Waals surface area contributed by atoms with E-state index in [1.807, 2.05) is 12.1 Å². The first-order chi connectivity index (χ1) is 8.10. The van der Waals surface area contributed by atoms with Gasteiger partial charge >= 0.3 is 0 Å². The number of aryl methyl sites for hydroxylation is 1. The molecule has 1 heterocycles. The van der Waals surface area contributed by atoms with E-state index < -0.39 is 0 Å². The molecule has 0 aliphatic carbocycles. The second-order valence-electron chi connectivity index (χ2n) is 5.09. The van der Waals surface area contributed by atoms with E-state index >= 15 is 0 Å². The number of halogens is 1. The summed E-state index contributed by atoms with van der Waals surface area (Å²) in [5.41, 5.74) is 7.56. The minimum Gasteiger partial charge on any atom is -0.379 e. The zero-order chi connectivity index (χ0) is 12.5. The molecule has 17 heavy (non-hydrogen) atoms. The van der Waals surface area contributed by atoms with Crippen LogP contribution in [0.15, 0.2) is 18.2 Å². The summed E-state index contributed by atoms with van der Waals surface area (Å²) in [6.07, 6.45) is 0.972. The lowest BCUT2D eigenvalue weighted by molar-refractivity contribution is -0.0883. The van der Waals surface area contributed by atoms with E-state index in [1.165, 1.54) is 5.56 Å². The number of benzene rings is 1. The Morgan fingerprint density at radius 3 is 2.65 bits per heavy atom.